The van der Waals surface area contributed by atoms with Crippen molar-refractivity contribution in [3.05, 3.63) is 59.0 Å². The Morgan fingerprint density at radius 2 is 1.81 bits per heavy atom. The molecule has 1 aromatic heterocycles. The summed E-state index contributed by atoms with van der Waals surface area (Å²) in [5.41, 5.74) is 3.30. The number of methoxy groups -OCH3 is 2. The summed E-state index contributed by atoms with van der Waals surface area (Å²) in [5, 5.41) is 13.6. The predicted molar refractivity (Wildman–Crippen MR) is 120 cm³/mol. The maximum atomic E-state index is 12.4. The fourth-order valence-corrected chi connectivity index (χ4v) is 3.45. The van der Waals surface area contributed by atoms with Crippen LogP contribution in [0.2, 0.25) is 0 Å². The van der Waals surface area contributed by atoms with Crippen LogP contribution in [0.3, 0.4) is 0 Å². The van der Waals surface area contributed by atoms with Gasteiger partial charge in [-0.05, 0) is 43.7 Å². The standard InChI is InChI=1S/C22H24N4O5S/c1-13-5-7-16(14(2)9-13)24-19(27)12-32-22-26-25-20(31-22)11-23-21(28)15-6-8-17(29-3)18(10-15)30-4/h5-10H,11-12H2,1-4H3,(H,23,28)(H,24,27). The smallest absolute Gasteiger partial charge is 0.277 e. The quantitative estimate of drug-likeness (QED) is 0.471. The van der Waals surface area contributed by atoms with Gasteiger partial charge in [-0.3, -0.25) is 9.59 Å². The van der Waals surface area contributed by atoms with Gasteiger partial charge < -0.3 is 24.5 Å². The molecule has 9 nitrogen and oxygen atoms in total. The molecule has 2 N–H and O–H groups in total. The summed E-state index contributed by atoms with van der Waals surface area (Å²) in [6.07, 6.45) is 0. The number of ether oxygens (including phenoxy) is 2. The zero-order valence-electron chi connectivity index (χ0n) is 18.2. The maximum absolute atomic E-state index is 12.4. The molecule has 0 aliphatic carbocycles. The average molecular weight is 457 g/mol. The van der Waals surface area contributed by atoms with E-state index in [0.717, 1.165) is 28.6 Å². The molecule has 2 aromatic carbocycles. The van der Waals surface area contributed by atoms with Crippen LogP contribution in [-0.2, 0) is 11.3 Å². The lowest BCUT2D eigenvalue weighted by Crippen LogP contribution is -2.23. The third kappa shape index (κ3) is 6.01. The third-order valence-corrected chi connectivity index (χ3v) is 5.30. The number of nitrogens with one attached hydrogen (secondary N) is 2. The Labute approximate surface area is 189 Å². The molecule has 0 saturated heterocycles. The van der Waals surface area contributed by atoms with Gasteiger partial charge in [0.05, 0.1) is 26.5 Å². The minimum atomic E-state index is -0.328. The Morgan fingerprint density at radius 1 is 1.03 bits per heavy atom. The maximum Gasteiger partial charge on any atom is 0.277 e. The Hall–Kier alpha value is -3.53. The second-order valence-corrected chi connectivity index (χ2v) is 7.80. The Balaban J connectivity index is 1.49. The zero-order chi connectivity index (χ0) is 23.1. The average Bonchev–Trinajstić information content (AvgIpc) is 3.25. The van der Waals surface area contributed by atoms with Crippen molar-refractivity contribution in [1.82, 2.24) is 15.5 Å². The molecule has 2 amide bonds. The van der Waals surface area contributed by atoms with Gasteiger partial charge in [0, 0.05) is 11.3 Å². The molecule has 0 aliphatic rings. The molecular weight excluding hydrogens is 432 g/mol. The first-order valence-corrected chi connectivity index (χ1v) is 10.7. The van der Waals surface area contributed by atoms with Crippen molar-refractivity contribution in [3.8, 4) is 11.5 Å². The minimum absolute atomic E-state index is 0.0511. The van der Waals surface area contributed by atoms with E-state index >= 15 is 0 Å². The second kappa shape index (κ2) is 10.7. The first kappa shape index (κ1) is 23.1. The summed E-state index contributed by atoms with van der Waals surface area (Å²) in [4.78, 5) is 24.6. The number of thioether (sulfide) groups is 1. The highest BCUT2D eigenvalue weighted by Gasteiger charge is 2.14. The molecule has 10 heteroatoms. The first-order chi connectivity index (χ1) is 15.4. The molecule has 0 atom stereocenters. The van der Waals surface area contributed by atoms with E-state index in [1.807, 2.05) is 32.0 Å². The van der Waals surface area contributed by atoms with Gasteiger partial charge in [0.1, 0.15) is 0 Å². The number of anilines is 1. The number of aryl methyl sites for hydroxylation is 2. The third-order valence-electron chi connectivity index (χ3n) is 4.48. The molecule has 0 fully saturated rings. The number of rotatable bonds is 9. The van der Waals surface area contributed by atoms with Crippen molar-refractivity contribution in [3.63, 3.8) is 0 Å². The van der Waals surface area contributed by atoms with Gasteiger partial charge in [-0.25, -0.2) is 0 Å². The normalized spacial score (nSPS) is 10.5. The van der Waals surface area contributed by atoms with E-state index in [-0.39, 0.29) is 35.2 Å². The van der Waals surface area contributed by atoms with Gasteiger partial charge in [-0.2, -0.15) is 0 Å². The lowest BCUT2D eigenvalue weighted by molar-refractivity contribution is -0.113. The summed E-state index contributed by atoms with van der Waals surface area (Å²) in [6, 6.07) is 10.7. The molecule has 0 saturated carbocycles. The van der Waals surface area contributed by atoms with Crippen molar-refractivity contribution >= 4 is 29.3 Å². The Morgan fingerprint density at radius 3 is 2.53 bits per heavy atom. The molecule has 0 bridgehead atoms. The SMILES string of the molecule is COc1ccc(C(=O)NCc2nnc(SCC(=O)Nc3ccc(C)cc3C)o2)cc1OC. The van der Waals surface area contributed by atoms with Crippen molar-refractivity contribution in [2.45, 2.75) is 25.6 Å². The number of carbonyl (C=O) groups excluding carboxylic acids is 2. The van der Waals surface area contributed by atoms with E-state index in [1.54, 1.807) is 18.2 Å². The number of nitrogens with zero attached hydrogens (tertiary/aromatic N) is 2. The highest BCUT2D eigenvalue weighted by Crippen LogP contribution is 2.27. The molecule has 0 spiro atoms. The molecule has 0 aliphatic heterocycles. The molecule has 0 unspecified atom stereocenters. The van der Waals surface area contributed by atoms with Gasteiger partial charge in [-0.1, -0.05) is 29.5 Å². The van der Waals surface area contributed by atoms with E-state index in [9.17, 15) is 9.59 Å². The van der Waals surface area contributed by atoms with Gasteiger partial charge in [0.15, 0.2) is 11.5 Å². The number of hydrogen-bond donors (Lipinski definition) is 2. The summed E-state index contributed by atoms with van der Waals surface area (Å²) >= 11 is 1.12. The van der Waals surface area contributed by atoms with Crippen LogP contribution in [0.1, 0.15) is 27.4 Å². The van der Waals surface area contributed by atoms with Gasteiger partial charge in [0.2, 0.25) is 11.8 Å². The van der Waals surface area contributed by atoms with Crippen LogP contribution in [0.5, 0.6) is 11.5 Å². The van der Waals surface area contributed by atoms with Crippen LogP contribution in [0.15, 0.2) is 46.0 Å². The van der Waals surface area contributed by atoms with Gasteiger partial charge >= 0.3 is 0 Å². The van der Waals surface area contributed by atoms with E-state index < -0.39 is 0 Å². The van der Waals surface area contributed by atoms with Gasteiger partial charge in [-0.15, -0.1) is 10.2 Å². The van der Waals surface area contributed by atoms with Crippen LogP contribution in [-0.4, -0.2) is 42.0 Å². The lowest BCUT2D eigenvalue weighted by Gasteiger charge is -2.09. The fraction of sp³-hybridized carbons (Fsp3) is 0.273. The fourth-order valence-electron chi connectivity index (χ4n) is 2.87. The molecule has 32 heavy (non-hydrogen) atoms. The van der Waals surface area contributed by atoms with E-state index in [1.165, 1.54) is 14.2 Å². The van der Waals surface area contributed by atoms with Gasteiger partial charge in [0.25, 0.3) is 11.1 Å². The minimum Gasteiger partial charge on any atom is -0.493 e. The number of carbonyl (C=O) groups is 2. The van der Waals surface area contributed by atoms with E-state index in [4.69, 9.17) is 13.9 Å². The lowest BCUT2D eigenvalue weighted by atomic mass is 10.1. The monoisotopic (exact) mass is 456 g/mol. The van der Waals surface area contributed by atoms with Crippen molar-refractivity contribution < 1.29 is 23.5 Å². The molecule has 1 heterocycles. The van der Waals surface area contributed by atoms with Crippen LogP contribution in [0, 0.1) is 13.8 Å². The summed E-state index contributed by atoms with van der Waals surface area (Å²) < 4.78 is 15.9. The summed E-state index contributed by atoms with van der Waals surface area (Å²) in [5.74, 6) is 0.832. The van der Waals surface area contributed by atoms with Crippen molar-refractivity contribution in [2.24, 2.45) is 0 Å². The van der Waals surface area contributed by atoms with Crippen LogP contribution < -0.4 is 20.1 Å². The number of benzene rings is 2. The zero-order valence-corrected chi connectivity index (χ0v) is 19.0. The van der Waals surface area contributed by atoms with Crippen LogP contribution in [0.4, 0.5) is 5.69 Å². The molecule has 168 valence electrons. The van der Waals surface area contributed by atoms with Crippen LogP contribution >= 0.6 is 11.8 Å². The summed E-state index contributed by atoms with van der Waals surface area (Å²) in [6.45, 7) is 3.99. The number of amides is 2. The highest BCUT2D eigenvalue weighted by atomic mass is 32.2. The second-order valence-electron chi connectivity index (χ2n) is 6.87. The van der Waals surface area contributed by atoms with Crippen LogP contribution in [0.25, 0.3) is 0 Å². The van der Waals surface area contributed by atoms with E-state index in [2.05, 4.69) is 20.8 Å². The summed E-state index contributed by atoms with van der Waals surface area (Å²) in [7, 11) is 3.02. The predicted octanol–water partition coefficient (Wildman–Crippen LogP) is 3.36. The van der Waals surface area contributed by atoms with Crippen molar-refractivity contribution in [1.29, 1.82) is 0 Å². The first-order valence-electron chi connectivity index (χ1n) is 9.72. The highest BCUT2D eigenvalue weighted by molar-refractivity contribution is 7.99. The number of aromatic nitrogens is 2. The number of hydrogen-bond acceptors (Lipinski definition) is 8. The Bertz CT molecular complexity index is 1120. The molecular formula is C22H24N4O5S. The molecule has 3 rings (SSSR count). The topological polar surface area (TPSA) is 116 Å². The van der Waals surface area contributed by atoms with Crippen molar-refractivity contribution in [2.75, 3.05) is 25.3 Å². The Kier molecular flexibility index (Phi) is 7.72. The molecule has 3 aromatic rings. The van der Waals surface area contributed by atoms with E-state index in [0.29, 0.717) is 17.1 Å². The largest absolute Gasteiger partial charge is 0.493 e. The molecule has 0 radical (unpaired) electrons.